The lowest BCUT2D eigenvalue weighted by atomic mass is 10.1. The molecule has 94 valence electrons. The van der Waals surface area contributed by atoms with Crippen LogP contribution in [0.2, 0.25) is 0 Å². The topological polar surface area (TPSA) is 55.1 Å². The van der Waals surface area contributed by atoms with E-state index in [0.717, 1.165) is 18.7 Å². The Morgan fingerprint density at radius 3 is 2.82 bits per heavy atom. The molecule has 0 fully saturated rings. The van der Waals surface area contributed by atoms with Crippen molar-refractivity contribution in [2.24, 2.45) is 5.73 Å². The van der Waals surface area contributed by atoms with Crippen LogP contribution in [0.5, 0.6) is 0 Å². The van der Waals surface area contributed by atoms with E-state index in [0.29, 0.717) is 5.56 Å². The standard InChI is InChI=1S/C14H22N2O/c1-2-3-4-5-9-16-11-12-7-6-8-13(10-12)14(15)17/h6-8,10,16H,2-5,9,11H2,1H3,(H2,15,17). The molecule has 0 atom stereocenters. The lowest BCUT2D eigenvalue weighted by Crippen LogP contribution is -2.16. The summed E-state index contributed by atoms with van der Waals surface area (Å²) in [6, 6.07) is 7.47. The molecule has 1 aromatic rings. The van der Waals surface area contributed by atoms with Crippen molar-refractivity contribution in [2.45, 2.75) is 39.2 Å². The van der Waals surface area contributed by atoms with Crippen LogP contribution < -0.4 is 11.1 Å². The lowest BCUT2D eigenvalue weighted by Gasteiger charge is -2.05. The predicted octanol–water partition coefficient (Wildman–Crippen LogP) is 2.46. The normalized spacial score (nSPS) is 10.4. The highest BCUT2D eigenvalue weighted by molar-refractivity contribution is 5.92. The quantitative estimate of drug-likeness (QED) is 0.679. The molecule has 1 aromatic carbocycles. The summed E-state index contributed by atoms with van der Waals surface area (Å²) in [5.74, 6) is -0.366. The SMILES string of the molecule is CCCCCCNCc1cccc(C(N)=O)c1. The van der Waals surface area contributed by atoms with Crippen molar-refractivity contribution >= 4 is 5.91 Å². The fourth-order valence-electron chi connectivity index (χ4n) is 1.74. The molecular formula is C14H22N2O. The van der Waals surface area contributed by atoms with Crippen LogP contribution in [0.3, 0.4) is 0 Å². The molecule has 0 aliphatic heterocycles. The van der Waals surface area contributed by atoms with Crippen LogP contribution in [-0.4, -0.2) is 12.5 Å². The molecule has 3 heteroatoms. The summed E-state index contributed by atoms with van der Waals surface area (Å²) in [4.78, 5) is 11.0. The number of benzene rings is 1. The van der Waals surface area contributed by atoms with E-state index in [1.165, 1.54) is 25.7 Å². The van der Waals surface area contributed by atoms with E-state index in [-0.39, 0.29) is 5.91 Å². The van der Waals surface area contributed by atoms with E-state index in [9.17, 15) is 4.79 Å². The number of unbranched alkanes of at least 4 members (excludes halogenated alkanes) is 3. The fraction of sp³-hybridized carbons (Fsp3) is 0.500. The number of nitrogens with two attached hydrogens (primary N) is 1. The lowest BCUT2D eigenvalue weighted by molar-refractivity contribution is 0.1000. The van der Waals surface area contributed by atoms with Crippen LogP contribution in [0.4, 0.5) is 0 Å². The first-order chi connectivity index (χ1) is 8.24. The Bertz CT molecular complexity index is 350. The molecule has 0 heterocycles. The first-order valence-electron chi connectivity index (χ1n) is 6.33. The van der Waals surface area contributed by atoms with Crippen LogP contribution in [0.1, 0.15) is 48.5 Å². The zero-order valence-electron chi connectivity index (χ0n) is 10.5. The van der Waals surface area contributed by atoms with E-state index in [2.05, 4.69) is 12.2 Å². The van der Waals surface area contributed by atoms with Crippen LogP contribution in [0.15, 0.2) is 24.3 Å². The number of carbonyl (C=O) groups is 1. The summed E-state index contributed by atoms with van der Waals surface area (Å²) in [6.07, 6.45) is 5.06. The van der Waals surface area contributed by atoms with Gasteiger partial charge in [0.1, 0.15) is 0 Å². The Labute approximate surface area is 103 Å². The third kappa shape index (κ3) is 5.50. The summed E-state index contributed by atoms with van der Waals surface area (Å²) in [6.45, 7) is 4.04. The molecule has 3 N–H and O–H groups in total. The summed E-state index contributed by atoms with van der Waals surface area (Å²) < 4.78 is 0. The van der Waals surface area contributed by atoms with E-state index in [1.54, 1.807) is 6.07 Å². The number of nitrogens with one attached hydrogen (secondary N) is 1. The highest BCUT2D eigenvalue weighted by Gasteiger charge is 2.00. The van der Waals surface area contributed by atoms with Gasteiger partial charge >= 0.3 is 0 Å². The maximum Gasteiger partial charge on any atom is 0.248 e. The highest BCUT2D eigenvalue weighted by atomic mass is 16.1. The van der Waals surface area contributed by atoms with Crippen LogP contribution >= 0.6 is 0 Å². The molecule has 0 bridgehead atoms. The van der Waals surface area contributed by atoms with E-state index < -0.39 is 0 Å². The minimum Gasteiger partial charge on any atom is -0.366 e. The van der Waals surface area contributed by atoms with Crippen LogP contribution in [0, 0.1) is 0 Å². The zero-order chi connectivity index (χ0) is 12.5. The second kappa shape index (κ2) is 7.85. The van der Waals surface area contributed by atoms with Crippen molar-refractivity contribution in [3.63, 3.8) is 0 Å². The van der Waals surface area contributed by atoms with Gasteiger partial charge in [-0.05, 0) is 30.7 Å². The van der Waals surface area contributed by atoms with Gasteiger partial charge in [-0.25, -0.2) is 0 Å². The smallest absolute Gasteiger partial charge is 0.248 e. The van der Waals surface area contributed by atoms with Crippen molar-refractivity contribution in [1.82, 2.24) is 5.32 Å². The minimum atomic E-state index is -0.366. The third-order valence-electron chi connectivity index (χ3n) is 2.75. The second-order valence-electron chi connectivity index (χ2n) is 4.30. The number of hydrogen-bond acceptors (Lipinski definition) is 2. The van der Waals surface area contributed by atoms with E-state index >= 15 is 0 Å². The number of rotatable bonds is 8. The average Bonchev–Trinajstić information content (AvgIpc) is 2.34. The van der Waals surface area contributed by atoms with Gasteiger partial charge in [0.25, 0.3) is 0 Å². The second-order valence-corrected chi connectivity index (χ2v) is 4.30. The van der Waals surface area contributed by atoms with Gasteiger partial charge in [-0.15, -0.1) is 0 Å². The summed E-state index contributed by atoms with van der Waals surface area (Å²) in [5.41, 5.74) is 6.92. The van der Waals surface area contributed by atoms with Gasteiger partial charge in [0.15, 0.2) is 0 Å². The van der Waals surface area contributed by atoms with Crippen molar-refractivity contribution in [1.29, 1.82) is 0 Å². The van der Waals surface area contributed by atoms with Crippen molar-refractivity contribution in [2.75, 3.05) is 6.54 Å². The molecule has 1 amide bonds. The van der Waals surface area contributed by atoms with E-state index in [4.69, 9.17) is 5.73 Å². The summed E-state index contributed by atoms with van der Waals surface area (Å²) >= 11 is 0. The molecule has 17 heavy (non-hydrogen) atoms. The van der Waals surface area contributed by atoms with Gasteiger partial charge in [0.2, 0.25) is 5.91 Å². The van der Waals surface area contributed by atoms with Crippen molar-refractivity contribution in [3.05, 3.63) is 35.4 Å². The Hall–Kier alpha value is -1.35. The van der Waals surface area contributed by atoms with Gasteiger partial charge in [-0.3, -0.25) is 4.79 Å². The summed E-state index contributed by atoms with van der Waals surface area (Å²) in [7, 11) is 0. The van der Waals surface area contributed by atoms with Crippen molar-refractivity contribution in [3.8, 4) is 0 Å². The molecule has 1 rings (SSSR count). The maximum absolute atomic E-state index is 11.0. The minimum absolute atomic E-state index is 0.366. The Morgan fingerprint density at radius 2 is 2.12 bits per heavy atom. The molecule has 0 aliphatic rings. The zero-order valence-corrected chi connectivity index (χ0v) is 10.5. The van der Waals surface area contributed by atoms with Gasteiger partial charge in [0, 0.05) is 12.1 Å². The number of amides is 1. The number of primary amides is 1. The third-order valence-corrected chi connectivity index (χ3v) is 2.75. The van der Waals surface area contributed by atoms with Gasteiger partial charge in [0.05, 0.1) is 0 Å². The molecule has 0 spiro atoms. The van der Waals surface area contributed by atoms with Gasteiger partial charge < -0.3 is 11.1 Å². The van der Waals surface area contributed by atoms with E-state index in [1.807, 2.05) is 18.2 Å². The van der Waals surface area contributed by atoms with Gasteiger partial charge in [-0.1, -0.05) is 38.3 Å². The molecular weight excluding hydrogens is 212 g/mol. The number of carbonyl (C=O) groups excluding carboxylic acids is 1. The maximum atomic E-state index is 11.0. The Balaban J connectivity index is 2.27. The Kier molecular flexibility index (Phi) is 6.33. The fourth-order valence-corrected chi connectivity index (χ4v) is 1.74. The highest BCUT2D eigenvalue weighted by Crippen LogP contribution is 2.04. The molecule has 0 radical (unpaired) electrons. The predicted molar refractivity (Wildman–Crippen MR) is 70.8 cm³/mol. The monoisotopic (exact) mass is 234 g/mol. The van der Waals surface area contributed by atoms with Crippen LogP contribution in [-0.2, 0) is 6.54 Å². The first kappa shape index (κ1) is 13.7. The molecule has 0 aromatic heterocycles. The first-order valence-corrected chi connectivity index (χ1v) is 6.33. The number of hydrogen-bond donors (Lipinski definition) is 2. The Morgan fingerprint density at radius 1 is 1.29 bits per heavy atom. The average molecular weight is 234 g/mol. The molecule has 3 nitrogen and oxygen atoms in total. The molecule has 0 aliphatic carbocycles. The van der Waals surface area contributed by atoms with Gasteiger partial charge in [-0.2, -0.15) is 0 Å². The largest absolute Gasteiger partial charge is 0.366 e. The summed E-state index contributed by atoms with van der Waals surface area (Å²) in [5, 5.41) is 3.37. The molecule has 0 saturated carbocycles. The van der Waals surface area contributed by atoms with Crippen LogP contribution in [0.25, 0.3) is 0 Å². The molecule has 0 unspecified atom stereocenters. The molecule has 0 saturated heterocycles. The van der Waals surface area contributed by atoms with Crippen molar-refractivity contribution < 1.29 is 4.79 Å².